The van der Waals surface area contributed by atoms with Crippen LogP contribution in [0.3, 0.4) is 0 Å². The zero-order chi connectivity index (χ0) is 20.3. The number of hydrogen-bond acceptors (Lipinski definition) is 4. The number of halogens is 4. The Bertz CT molecular complexity index is 851. The molecule has 3 rings (SSSR count). The summed E-state index contributed by atoms with van der Waals surface area (Å²) >= 11 is 0. The topological polar surface area (TPSA) is 68.5 Å². The second-order valence-electron chi connectivity index (χ2n) is 6.57. The summed E-state index contributed by atoms with van der Waals surface area (Å²) < 4.78 is 60.1. The van der Waals surface area contributed by atoms with Gasteiger partial charge in [0.2, 0.25) is 0 Å². The monoisotopic (exact) mass is 397 g/mol. The number of rotatable bonds is 5. The quantitative estimate of drug-likeness (QED) is 0.777. The Balaban J connectivity index is 2.07. The lowest BCUT2D eigenvalue weighted by molar-refractivity contribution is -0.137. The third kappa shape index (κ3) is 4.41. The van der Waals surface area contributed by atoms with Crippen molar-refractivity contribution in [2.45, 2.75) is 19.0 Å². The van der Waals surface area contributed by atoms with Gasteiger partial charge in [-0.3, -0.25) is 4.79 Å². The maximum atomic E-state index is 14.4. The molecule has 1 aromatic heterocycles. The molecule has 2 aromatic rings. The Morgan fingerprint density at radius 3 is 2.54 bits per heavy atom. The number of para-hydroxylation sites is 1. The first kappa shape index (κ1) is 20.1. The fourth-order valence-corrected chi connectivity index (χ4v) is 3.20. The molecule has 150 valence electrons. The van der Waals surface area contributed by atoms with Gasteiger partial charge in [0.05, 0.1) is 16.8 Å². The van der Waals surface area contributed by atoms with Gasteiger partial charge in [0.15, 0.2) is 0 Å². The zero-order valence-electron chi connectivity index (χ0n) is 14.9. The van der Waals surface area contributed by atoms with E-state index in [1.165, 1.54) is 23.1 Å². The fourth-order valence-electron chi connectivity index (χ4n) is 3.20. The van der Waals surface area contributed by atoms with Gasteiger partial charge in [-0.15, -0.1) is 0 Å². The predicted octanol–water partition coefficient (Wildman–Crippen LogP) is 3.90. The van der Waals surface area contributed by atoms with E-state index in [4.69, 9.17) is 10.5 Å². The molecule has 9 heteroatoms. The standard InChI is InChI=1S/C19H19F4N3O2/c20-15-3-1-2-4-16(15)26(11-12-5-7-28-8-6-12)17-9-14(19(21,22)23)13(10-25-17)18(24)27/h1-4,9-10,12H,5-8,11H2,(H2,24,27). The van der Waals surface area contributed by atoms with Gasteiger partial charge in [-0.05, 0) is 37.0 Å². The van der Waals surface area contributed by atoms with Crippen LogP contribution in [0.5, 0.6) is 0 Å². The molecule has 28 heavy (non-hydrogen) atoms. The summed E-state index contributed by atoms with van der Waals surface area (Å²) in [6.45, 7) is 1.35. The normalized spacial score (nSPS) is 15.4. The van der Waals surface area contributed by atoms with Gasteiger partial charge in [0.25, 0.3) is 5.91 Å². The van der Waals surface area contributed by atoms with E-state index < -0.39 is 29.0 Å². The summed E-state index contributed by atoms with van der Waals surface area (Å²) in [5, 5.41) is 0. The van der Waals surface area contributed by atoms with Crippen LogP contribution in [0.4, 0.5) is 29.1 Å². The maximum absolute atomic E-state index is 14.4. The van der Waals surface area contributed by atoms with Crippen molar-refractivity contribution in [3.05, 3.63) is 53.5 Å². The molecule has 1 amide bonds. The zero-order valence-corrected chi connectivity index (χ0v) is 14.9. The summed E-state index contributed by atoms with van der Waals surface area (Å²) in [6, 6.07) is 6.54. The first-order chi connectivity index (χ1) is 13.3. The third-order valence-corrected chi connectivity index (χ3v) is 4.66. The lowest BCUT2D eigenvalue weighted by Crippen LogP contribution is -2.31. The minimum absolute atomic E-state index is 0.0975. The number of benzene rings is 1. The molecule has 1 saturated heterocycles. The molecule has 2 heterocycles. The van der Waals surface area contributed by atoms with Gasteiger partial charge in [-0.2, -0.15) is 13.2 Å². The molecule has 1 aromatic carbocycles. The summed E-state index contributed by atoms with van der Waals surface area (Å²) in [4.78, 5) is 16.8. The highest BCUT2D eigenvalue weighted by Gasteiger charge is 2.36. The average Bonchev–Trinajstić information content (AvgIpc) is 2.66. The Morgan fingerprint density at radius 1 is 1.25 bits per heavy atom. The second-order valence-corrected chi connectivity index (χ2v) is 6.57. The first-order valence-corrected chi connectivity index (χ1v) is 8.74. The van der Waals surface area contributed by atoms with Crippen molar-refractivity contribution in [3.8, 4) is 0 Å². The van der Waals surface area contributed by atoms with Gasteiger partial charge < -0.3 is 15.4 Å². The number of carbonyl (C=O) groups excluding carboxylic acids is 1. The number of ether oxygens (including phenoxy) is 1. The van der Waals surface area contributed by atoms with E-state index in [0.717, 1.165) is 12.3 Å². The van der Waals surface area contributed by atoms with Crippen molar-refractivity contribution < 1.29 is 27.1 Å². The van der Waals surface area contributed by atoms with Crippen molar-refractivity contribution in [2.75, 3.05) is 24.7 Å². The SMILES string of the molecule is NC(=O)c1cnc(N(CC2CCOCC2)c2ccccc2F)cc1C(F)(F)F. The van der Waals surface area contributed by atoms with Crippen LogP contribution in [0, 0.1) is 11.7 Å². The third-order valence-electron chi connectivity index (χ3n) is 4.66. The molecule has 0 aliphatic carbocycles. The molecular formula is C19H19F4N3O2. The molecule has 0 unspecified atom stereocenters. The molecular weight excluding hydrogens is 378 g/mol. The van der Waals surface area contributed by atoms with Crippen molar-refractivity contribution in [1.82, 2.24) is 4.98 Å². The van der Waals surface area contributed by atoms with Gasteiger partial charge in [-0.1, -0.05) is 12.1 Å². The van der Waals surface area contributed by atoms with E-state index in [9.17, 15) is 22.4 Å². The fraction of sp³-hybridized carbons (Fsp3) is 0.368. The average molecular weight is 397 g/mol. The lowest BCUT2D eigenvalue weighted by Gasteiger charge is -2.31. The number of primary amides is 1. The van der Waals surface area contributed by atoms with Crippen molar-refractivity contribution in [3.63, 3.8) is 0 Å². The highest BCUT2D eigenvalue weighted by molar-refractivity contribution is 5.94. The lowest BCUT2D eigenvalue weighted by atomic mass is 9.99. The number of anilines is 2. The van der Waals surface area contributed by atoms with Crippen LogP contribution >= 0.6 is 0 Å². The number of alkyl halides is 3. The number of pyridine rings is 1. The van der Waals surface area contributed by atoms with Crippen LogP contribution in [0.2, 0.25) is 0 Å². The summed E-state index contributed by atoms with van der Waals surface area (Å²) in [6.07, 6.45) is -2.60. The molecule has 2 N–H and O–H groups in total. The minimum Gasteiger partial charge on any atom is -0.381 e. The minimum atomic E-state index is -4.80. The Kier molecular flexibility index (Phi) is 5.83. The van der Waals surface area contributed by atoms with Crippen molar-refractivity contribution >= 4 is 17.4 Å². The molecule has 1 aliphatic heterocycles. The number of amides is 1. The van der Waals surface area contributed by atoms with Crippen LogP contribution in [0.25, 0.3) is 0 Å². The number of hydrogen-bond donors (Lipinski definition) is 1. The maximum Gasteiger partial charge on any atom is 0.417 e. The van der Waals surface area contributed by atoms with Crippen molar-refractivity contribution in [2.24, 2.45) is 11.7 Å². The number of nitrogens with two attached hydrogens (primary N) is 1. The molecule has 1 fully saturated rings. The van der Waals surface area contributed by atoms with E-state index in [1.807, 2.05) is 0 Å². The molecule has 5 nitrogen and oxygen atoms in total. The number of carbonyl (C=O) groups is 1. The molecule has 0 atom stereocenters. The van der Waals surface area contributed by atoms with Gasteiger partial charge >= 0.3 is 6.18 Å². The highest BCUT2D eigenvalue weighted by Crippen LogP contribution is 2.36. The van der Waals surface area contributed by atoms with Gasteiger partial charge in [-0.25, -0.2) is 9.37 Å². The predicted molar refractivity (Wildman–Crippen MR) is 94.7 cm³/mol. The Morgan fingerprint density at radius 2 is 1.93 bits per heavy atom. The van der Waals surface area contributed by atoms with E-state index in [-0.39, 0.29) is 24.0 Å². The van der Waals surface area contributed by atoms with Crippen LogP contribution in [-0.4, -0.2) is 30.6 Å². The van der Waals surface area contributed by atoms with E-state index in [1.54, 1.807) is 6.07 Å². The number of nitrogens with zero attached hydrogens (tertiary/aromatic N) is 2. The van der Waals surface area contributed by atoms with E-state index >= 15 is 0 Å². The van der Waals surface area contributed by atoms with Crippen LogP contribution in [0.1, 0.15) is 28.8 Å². The summed E-state index contributed by atoms with van der Waals surface area (Å²) in [5.74, 6) is -1.81. The molecule has 0 bridgehead atoms. The smallest absolute Gasteiger partial charge is 0.381 e. The second kappa shape index (κ2) is 8.14. The van der Waals surface area contributed by atoms with E-state index in [0.29, 0.717) is 26.1 Å². The summed E-state index contributed by atoms with van der Waals surface area (Å²) in [5.41, 5.74) is 3.25. The van der Waals surface area contributed by atoms with Crippen LogP contribution < -0.4 is 10.6 Å². The highest BCUT2D eigenvalue weighted by atomic mass is 19.4. The first-order valence-electron chi connectivity index (χ1n) is 8.74. The van der Waals surface area contributed by atoms with Gasteiger partial charge in [0.1, 0.15) is 11.6 Å². The summed E-state index contributed by atoms with van der Waals surface area (Å²) in [7, 11) is 0. The Labute approximate surface area is 159 Å². The Hall–Kier alpha value is -2.68. The largest absolute Gasteiger partial charge is 0.417 e. The van der Waals surface area contributed by atoms with Crippen LogP contribution in [0.15, 0.2) is 36.5 Å². The van der Waals surface area contributed by atoms with Gasteiger partial charge in [0, 0.05) is 26.0 Å². The van der Waals surface area contributed by atoms with Crippen molar-refractivity contribution in [1.29, 1.82) is 0 Å². The molecule has 1 aliphatic rings. The number of aromatic nitrogens is 1. The van der Waals surface area contributed by atoms with Crippen LogP contribution in [-0.2, 0) is 10.9 Å². The van der Waals surface area contributed by atoms with E-state index in [2.05, 4.69) is 4.98 Å². The molecule has 0 radical (unpaired) electrons. The molecule has 0 saturated carbocycles. The molecule has 0 spiro atoms.